The number of H-pyrrole nitrogens is 1. The van der Waals surface area contributed by atoms with Crippen molar-refractivity contribution >= 4 is 0 Å². The van der Waals surface area contributed by atoms with Crippen LogP contribution in [0.4, 0.5) is 0 Å². The quantitative estimate of drug-likeness (QED) is 0.388. The van der Waals surface area contributed by atoms with Gasteiger partial charge in [-0.15, -0.1) is 0 Å². The SMILES string of the molecule is O=c1[nH]ccn1-c1ccc(-c2nc(C3CCCO3)nn2C(c2ccccc2)c2ccccc2)cc1. The smallest absolute Gasteiger partial charge is 0.330 e. The zero-order valence-corrected chi connectivity index (χ0v) is 19.1. The second-order valence-corrected chi connectivity index (χ2v) is 8.65. The average Bonchev–Trinajstić information content (AvgIpc) is 3.67. The number of nitrogens with zero attached hydrogens (tertiary/aromatic N) is 4. The van der Waals surface area contributed by atoms with Crippen LogP contribution in [-0.4, -0.2) is 30.9 Å². The van der Waals surface area contributed by atoms with E-state index < -0.39 is 0 Å². The molecule has 0 bridgehead atoms. The van der Waals surface area contributed by atoms with E-state index in [1.54, 1.807) is 17.0 Å². The normalized spacial score (nSPS) is 15.6. The lowest BCUT2D eigenvalue weighted by Crippen LogP contribution is -2.16. The summed E-state index contributed by atoms with van der Waals surface area (Å²) in [6, 6.07) is 28.4. The van der Waals surface area contributed by atoms with Crippen LogP contribution in [0.15, 0.2) is 102 Å². The van der Waals surface area contributed by atoms with Gasteiger partial charge in [-0.25, -0.2) is 14.5 Å². The first kappa shape index (κ1) is 21.3. The lowest BCUT2D eigenvalue weighted by Gasteiger charge is -2.20. The maximum atomic E-state index is 12.0. The first-order valence-electron chi connectivity index (χ1n) is 11.8. The standard InChI is InChI=1S/C28H25N5O2/c34-28-29-17-18-32(28)23-15-13-22(14-16-23)27-30-26(24-12-7-19-35-24)31-33(27)25(20-8-3-1-4-9-20)21-10-5-2-6-11-21/h1-6,8-11,13-18,24-25H,7,12,19H2,(H,29,34). The number of ether oxygens (including phenoxy) is 1. The number of benzene rings is 3. The van der Waals surface area contributed by atoms with Crippen molar-refractivity contribution in [2.24, 2.45) is 0 Å². The highest BCUT2D eigenvalue weighted by atomic mass is 16.5. The Balaban J connectivity index is 1.50. The van der Waals surface area contributed by atoms with Crippen LogP contribution >= 0.6 is 0 Å². The summed E-state index contributed by atoms with van der Waals surface area (Å²) in [5.74, 6) is 1.47. The molecule has 3 aromatic carbocycles. The van der Waals surface area contributed by atoms with Gasteiger partial charge in [0.25, 0.3) is 0 Å². The van der Waals surface area contributed by atoms with Gasteiger partial charge in [0.1, 0.15) is 12.1 Å². The molecule has 1 aliphatic heterocycles. The molecule has 1 aliphatic rings. The number of rotatable bonds is 6. The van der Waals surface area contributed by atoms with Gasteiger partial charge in [0.05, 0.1) is 5.69 Å². The maximum Gasteiger partial charge on any atom is 0.330 e. The van der Waals surface area contributed by atoms with Gasteiger partial charge in [-0.2, -0.15) is 5.10 Å². The summed E-state index contributed by atoms with van der Waals surface area (Å²) in [7, 11) is 0. The Morgan fingerprint density at radius 1 is 0.914 bits per heavy atom. The number of imidazole rings is 1. The van der Waals surface area contributed by atoms with Crippen molar-refractivity contribution in [1.29, 1.82) is 0 Å². The molecular formula is C28H25N5O2. The van der Waals surface area contributed by atoms with Crippen molar-refractivity contribution in [2.45, 2.75) is 25.0 Å². The van der Waals surface area contributed by atoms with E-state index in [-0.39, 0.29) is 17.8 Å². The summed E-state index contributed by atoms with van der Waals surface area (Å²) in [6.07, 6.45) is 5.18. The summed E-state index contributed by atoms with van der Waals surface area (Å²) in [4.78, 5) is 19.7. The van der Waals surface area contributed by atoms with Crippen LogP contribution in [0.1, 0.15) is 41.9 Å². The second-order valence-electron chi connectivity index (χ2n) is 8.65. The van der Waals surface area contributed by atoms with Crippen molar-refractivity contribution in [2.75, 3.05) is 6.61 Å². The van der Waals surface area contributed by atoms with E-state index in [9.17, 15) is 4.79 Å². The molecule has 0 saturated carbocycles. The van der Waals surface area contributed by atoms with E-state index in [1.807, 2.05) is 65.3 Å². The van der Waals surface area contributed by atoms with Gasteiger partial charge in [-0.1, -0.05) is 60.7 Å². The highest BCUT2D eigenvalue weighted by molar-refractivity contribution is 5.58. The van der Waals surface area contributed by atoms with Crippen LogP contribution < -0.4 is 5.69 Å². The van der Waals surface area contributed by atoms with Gasteiger partial charge in [0.2, 0.25) is 0 Å². The van der Waals surface area contributed by atoms with Crippen LogP contribution in [0.5, 0.6) is 0 Å². The van der Waals surface area contributed by atoms with Gasteiger partial charge in [0, 0.05) is 24.6 Å². The Morgan fingerprint density at radius 2 is 1.60 bits per heavy atom. The molecule has 7 heteroatoms. The zero-order chi connectivity index (χ0) is 23.6. The average molecular weight is 464 g/mol. The largest absolute Gasteiger partial charge is 0.370 e. The molecule has 0 radical (unpaired) electrons. The summed E-state index contributed by atoms with van der Waals surface area (Å²) in [5, 5.41) is 5.03. The van der Waals surface area contributed by atoms with E-state index in [4.69, 9.17) is 14.8 Å². The van der Waals surface area contributed by atoms with E-state index in [1.165, 1.54) is 0 Å². The van der Waals surface area contributed by atoms with E-state index >= 15 is 0 Å². The van der Waals surface area contributed by atoms with Gasteiger partial charge in [0.15, 0.2) is 11.6 Å². The predicted octanol–water partition coefficient (Wildman–Crippen LogP) is 4.91. The van der Waals surface area contributed by atoms with Crippen LogP contribution in [0.25, 0.3) is 17.1 Å². The fourth-order valence-electron chi connectivity index (χ4n) is 4.67. The van der Waals surface area contributed by atoms with Crippen molar-refractivity contribution in [3.05, 3.63) is 125 Å². The first-order chi connectivity index (χ1) is 17.3. The first-order valence-corrected chi connectivity index (χ1v) is 11.8. The van der Waals surface area contributed by atoms with Crippen LogP contribution in [0, 0.1) is 0 Å². The predicted molar refractivity (Wildman–Crippen MR) is 133 cm³/mol. The third kappa shape index (κ3) is 4.11. The Kier molecular flexibility index (Phi) is 5.60. The van der Waals surface area contributed by atoms with Crippen LogP contribution in [0.2, 0.25) is 0 Å². The van der Waals surface area contributed by atoms with E-state index in [2.05, 4.69) is 29.2 Å². The maximum absolute atomic E-state index is 12.0. The van der Waals surface area contributed by atoms with Crippen molar-refractivity contribution < 1.29 is 4.74 Å². The number of nitrogens with one attached hydrogen (secondary N) is 1. The number of aromatic nitrogens is 5. The summed E-state index contributed by atoms with van der Waals surface area (Å²) < 4.78 is 9.52. The molecule has 0 amide bonds. The molecule has 7 nitrogen and oxygen atoms in total. The molecule has 1 fully saturated rings. The van der Waals surface area contributed by atoms with Gasteiger partial charge >= 0.3 is 5.69 Å². The zero-order valence-electron chi connectivity index (χ0n) is 19.1. The minimum atomic E-state index is -0.171. The molecule has 1 unspecified atom stereocenters. The molecule has 5 aromatic rings. The monoisotopic (exact) mass is 463 g/mol. The topological polar surface area (TPSA) is 77.7 Å². The van der Waals surface area contributed by atoms with Gasteiger partial charge in [-0.05, 0) is 48.2 Å². The molecule has 0 spiro atoms. The van der Waals surface area contributed by atoms with Crippen molar-refractivity contribution in [3.63, 3.8) is 0 Å². The fourth-order valence-corrected chi connectivity index (χ4v) is 4.67. The molecule has 1 saturated heterocycles. The van der Waals surface area contributed by atoms with Crippen LogP contribution in [-0.2, 0) is 4.74 Å². The number of hydrogen-bond acceptors (Lipinski definition) is 4. The fraction of sp³-hybridized carbons (Fsp3) is 0.179. The molecule has 1 N–H and O–H groups in total. The molecule has 174 valence electrons. The Morgan fingerprint density at radius 3 is 2.17 bits per heavy atom. The number of hydrogen-bond donors (Lipinski definition) is 1. The Bertz CT molecular complexity index is 1420. The molecule has 1 atom stereocenters. The Hall–Kier alpha value is -4.23. The third-order valence-electron chi connectivity index (χ3n) is 6.39. The van der Waals surface area contributed by atoms with Crippen molar-refractivity contribution in [1.82, 2.24) is 24.3 Å². The molecule has 2 aromatic heterocycles. The van der Waals surface area contributed by atoms with E-state index in [0.29, 0.717) is 5.82 Å². The highest BCUT2D eigenvalue weighted by Crippen LogP contribution is 2.34. The summed E-state index contributed by atoms with van der Waals surface area (Å²) in [6.45, 7) is 0.732. The second kappa shape index (κ2) is 9.19. The third-order valence-corrected chi connectivity index (χ3v) is 6.39. The lowest BCUT2D eigenvalue weighted by molar-refractivity contribution is 0.105. The van der Waals surface area contributed by atoms with Crippen molar-refractivity contribution in [3.8, 4) is 17.1 Å². The highest BCUT2D eigenvalue weighted by Gasteiger charge is 2.28. The molecule has 6 rings (SSSR count). The minimum absolute atomic E-state index is 0.0973. The summed E-state index contributed by atoms with van der Waals surface area (Å²) >= 11 is 0. The van der Waals surface area contributed by atoms with Gasteiger partial charge < -0.3 is 9.72 Å². The summed E-state index contributed by atoms with van der Waals surface area (Å²) in [5.41, 5.74) is 3.78. The minimum Gasteiger partial charge on any atom is -0.370 e. The van der Waals surface area contributed by atoms with E-state index in [0.717, 1.165) is 47.7 Å². The molecular weight excluding hydrogens is 438 g/mol. The van der Waals surface area contributed by atoms with Crippen LogP contribution in [0.3, 0.4) is 0 Å². The number of aromatic amines is 1. The molecule has 3 heterocycles. The molecule has 35 heavy (non-hydrogen) atoms. The molecule has 0 aliphatic carbocycles. The van der Waals surface area contributed by atoms with Gasteiger partial charge in [-0.3, -0.25) is 4.57 Å². The Labute approximate surface area is 202 Å². The lowest BCUT2D eigenvalue weighted by atomic mass is 9.98.